The molecular formula is C21H13N3. The van der Waals surface area contributed by atoms with Crippen molar-refractivity contribution in [1.82, 2.24) is 4.90 Å². The number of nitrogens with two attached hydrogens (primary N) is 1. The molecule has 0 radical (unpaired) electrons. The van der Waals surface area contributed by atoms with E-state index in [-0.39, 0.29) is 6.17 Å². The van der Waals surface area contributed by atoms with Crippen molar-refractivity contribution in [3.05, 3.63) is 92.4 Å². The molecule has 112 valence electrons. The van der Waals surface area contributed by atoms with Crippen molar-refractivity contribution in [1.29, 1.82) is 0 Å². The quantitative estimate of drug-likeness (QED) is 0.796. The van der Waals surface area contributed by atoms with Crippen LogP contribution in [0.4, 0.5) is 0 Å². The fourth-order valence-corrected chi connectivity index (χ4v) is 1.56. The molecule has 2 N–H and O–H groups in total. The molecule has 1 unspecified atom stereocenters. The van der Waals surface area contributed by atoms with Crippen LogP contribution in [0.2, 0.25) is 0 Å². The van der Waals surface area contributed by atoms with Gasteiger partial charge in [-0.25, -0.2) is 0 Å². The summed E-state index contributed by atoms with van der Waals surface area (Å²) in [6.07, 6.45) is 1.75. The van der Waals surface area contributed by atoms with Gasteiger partial charge in [-0.3, -0.25) is 9.89 Å². The molecular weight excluding hydrogens is 294 g/mol. The number of rotatable bonds is 2. The summed E-state index contributed by atoms with van der Waals surface area (Å²) in [6.45, 7) is 6.41. The number of nitrogens with zero attached hydrogens (tertiary/aromatic N) is 2. The third kappa shape index (κ3) is 7.31. The highest BCUT2D eigenvalue weighted by Crippen LogP contribution is 2.12. The van der Waals surface area contributed by atoms with Gasteiger partial charge in [0.05, 0.1) is 0 Å². The molecule has 0 saturated heterocycles. The molecule has 0 fully saturated rings. The van der Waals surface area contributed by atoms with E-state index < -0.39 is 0 Å². The maximum Gasteiger partial charge on any atom is 0.132 e. The first-order valence-corrected chi connectivity index (χ1v) is 6.87. The number of aliphatic imine (C=N–C) groups is 1. The second kappa shape index (κ2) is 11.9. The zero-order valence-electron chi connectivity index (χ0n) is 13.2. The van der Waals surface area contributed by atoms with Crippen LogP contribution in [0.3, 0.4) is 0 Å². The van der Waals surface area contributed by atoms with E-state index in [4.69, 9.17) is 5.73 Å². The minimum atomic E-state index is -0.0810. The van der Waals surface area contributed by atoms with Gasteiger partial charge in [-0.15, -0.1) is 0 Å². The van der Waals surface area contributed by atoms with E-state index in [1.807, 2.05) is 18.0 Å². The third-order valence-electron chi connectivity index (χ3n) is 2.57. The highest BCUT2D eigenvalue weighted by Gasteiger charge is 2.20. The lowest BCUT2D eigenvalue weighted by molar-refractivity contribution is 0.288. The van der Waals surface area contributed by atoms with Crippen LogP contribution in [0.5, 0.6) is 0 Å². The standard InChI is InChI=1S/C21H13N3/c1-3-4-5-6-7-8-9-10-11-12-13-14-15-16-20(2)21-23-17-18-24(21)19-22/h17,21H,1,18-19,22H2,2H3. The average Bonchev–Trinajstić information content (AvgIpc) is 3.07. The number of hydrogen-bond acceptors (Lipinski definition) is 3. The second-order valence-corrected chi connectivity index (χ2v) is 4.14. The van der Waals surface area contributed by atoms with Crippen LogP contribution in [0.15, 0.2) is 97.4 Å². The second-order valence-electron chi connectivity index (χ2n) is 4.14. The van der Waals surface area contributed by atoms with E-state index in [2.05, 4.69) is 91.8 Å². The van der Waals surface area contributed by atoms with Gasteiger partial charge in [0, 0.05) is 25.0 Å². The van der Waals surface area contributed by atoms with Crippen molar-refractivity contribution in [3.8, 4) is 0 Å². The Bertz CT molecular complexity index is 1050. The number of hydrogen-bond donors (Lipinski definition) is 1. The van der Waals surface area contributed by atoms with Crippen molar-refractivity contribution in [2.45, 2.75) is 13.1 Å². The fraction of sp³-hybridized carbons (Fsp3) is 0.190. The lowest BCUT2D eigenvalue weighted by Crippen LogP contribution is -2.35. The zero-order chi connectivity index (χ0) is 17.5. The molecule has 1 aliphatic rings. The van der Waals surface area contributed by atoms with E-state index in [1.165, 1.54) is 0 Å². The Morgan fingerprint density at radius 3 is 2.00 bits per heavy atom. The highest BCUT2D eigenvalue weighted by atomic mass is 15.3. The lowest BCUT2D eigenvalue weighted by atomic mass is 10.2. The Labute approximate surface area is 141 Å². The SMILES string of the molecule is C=C=C=C=C=C=C=C=C=C=C=C=C=C=C=C(C)C1N=CCN1CN. The van der Waals surface area contributed by atoms with Gasteiger partial charge in [-0.1, -0.05) is 11.5 Å². The largest absolute Gasteiger partial charge is 0.318 e. The molecule has 0 saturated carbocycles. The van der Waals surface area contributed by atoms with E-state index in [1.54, 1.807) is 0 Å². The summed E-state index contributed by atoms with van der Waals surface area (Å²) in [4.78, 5) is 6.33. The molecule has 0 amide bonds. The Morgan fingerprint density at radius 2 is 1.50 bits per heavy atom. The van der Waals surface area contributed by atoms with E-state index in [0.717, 1.165) is 12.1 Å². The zero-order valence-corrected chi connectivity index (χ0v) is 13.2. The van der Waals surface area contributed by atoms with Gasteiger partial charge in [0.15, 0.2) is 0 Å². The average molecular weight is 307 g/mol. The molecule has 1 rings (SSSR count). The summed E-state index contributed by atoms with van der Waals surface area (Å²) in [7, 11) is 0. The Balaban J connectivity index is 3.12. The van der Waals surface area contributed by atoms with Gasteiger partial charge < -0.3 is 5.73 Å². The van der Waals surface area contributed by atoms with Crippen molar-refractivity contribution >= 4 is 6.21 Å². The topological polar surface area (TPSA) is 41.6 Å². The van der Waals surface area contributed by atoms with E-state index >= 15 is 0 Å². The maximum absolute atomic E-state index is 5.64. The van der Waals surface area contributed by atoms with Crippen LogP contribution in [0, 0.1) is 0 Å². The van der Waals surface area contributed by atoms with Gasteiger partial charge >= 0.3 is 0 Å². The molecule has 1 aliphatic heterocycles. The fourth-order valence-electron chi connectivity index (χ4n) is 1.56. The first-order valence-electron chi connectivity index (χ1n) is 6.87. The van der Waals surface area contributed by atoms with E-state index in [0.29, 0.717) is 6.67 Å². The van der Waals surface area contributed by atoms with Crippen LogP contribution < -0.4 is 5.73 Å². The van der Waals surface area contributed by atoms with Crippen LogP contribution in [-0.2, 0) is 0 Å². The van der Waals surface area contributed by atoms with Crippen LogP contribution in [0.25, 0.3) is 0 Å². The smallest absolute Gasteiger partial charge is 0.132 e. The summed E-state index contributed by atoms with van der Waals surface area (Å²) in [5.41, 5.74) is 42.5. The van der Waals surface area contributed by atoms with Gasteiger partial charge in [0.1, 0.15) is 6.17 Å². The van der Waals surface area contributed by atoms with Crippen LogP contribution >= 0.6 is 0 Å². The Morgan fingerprint density at radius 1 is 1.00 bits per heavy atom. The molecule has 3 nitrogen and oxygen atoms in total. The van der Waals surface area contributed by atoms with Gasteiger partial charge in [0.2, 0.25) is 0 Å². The molecule has 24 heavy (non-hydrogen) atoms. The minimum Gasteiger partial charge on any atom is -0.318 e. The predicted octanol–water partition coefficient (Wildman–Crippen LogP) is 2.36. The molecule has 0 aromatic heterocycles. The van der Waals surface area contributed by atoms with Gasteiger partial charge in [-0.2, -0.15) is 0 Å². The molecule has 1 atom stereocenters. The first-order chi connectivity index (χ1) is 11.8. The first kappa shape index (κ1) is 18.3. The molecule has 3 heteroatoms. The Hall–Kier alpha value is -3.75. The lowest BCUT2D eigenvalue weighted by Gasteiger charge is -2.19. The molecule has 0 aromatic rings. The third-order valence-corrected chi connectivity index (χ3v) is 2.57. The van der Waals surface area contributed by atoms with Gasteiger partial charge in [0.25, 0.3) is 0 Å². The van der Waals surface area contributed by atoms with Gasteiger partial charge in [-0.05, 0) is 82.3 Å². The minimum absolute atomic E-state index is 0.0810. The van der Waals surface area contributed by atoms with Crippen molar-refractivity contribution < 1.29 is 0 Å². The summed E-state index contributed by atoms with van der Waals surface area (Å²) in [5.74, 6) is 0. The summed E-state index contributed by atoms with van der Waals surface area (Å²) < 4.78 is 0. The molecule has 0 bridgehead atoms. The van der Waals surface area contributed by atoms with E-state index in [9.17, 15) is 0 Å². The Kier molecular flexibility index (Phi) is 9.04. The predicted molar refractivity (Wildman–Crippen MR) is 92.0 cm³/mol. The molecule has 0 aliphatic carbocycles. The summed E-state index contributed by atoms with van der Waals surface area (Å²) in [5, 5.41) is 0. The van der Waals surface area contributed by atoms with Crippen molar-refractivity contribution in [3.63, 3.8) is 0 Å². The summed E-state index contributed by atoms with van der Waals surface area (Å²) >= 11 is 0. The summed E-state index contributed by atoms with van der Waals surface area (Å²) in [6, 6.07) is 0. The molecule has 0 spiro atoms. The van der Waals surface area contributed by atoms with Crippen molar-refractivity contribution in [2.75, 3.05) is 13.2 Å². The van der Waals surface area contributed by atoms with Crippen molar-refractivity contribution in [2.24, 2.45) is 10.7 Å². The van der Waals surface area contributed by atoms with Crippen LogP contribution in [0.1, 0.15) is 6.92 Å². The monoisotopic (exact) mass is 307 g/mol. The maximum atomic E-state index is 5.64. The highest BCUT2D eigenvalue weighted by molar-refractivity contribution is 5.62. The normalized spacial score (nSPS) is 13.0. The molecule has 1 heterocycles. The molecule has 0 aromatic carbocycles. The van der Waals surface area contributed by atoms with Crippen LogP contribution in [-0.4, -0.2) is 30.5 Å².